The van der Waals surface area contributed by atoms with Crippen LogP contribution in [0.5, 0.6) is 0 Å². The first kappa shape index (κ1) is 19.1. The highest BCUT2D eigenvalue weighted by Crippen LogP contribution is 2.19. The van der Waals surface area contributed by atoms with Crippen LogP contribution in [0.15, 0.2) is 72.9 Å². The first-order valence-electron chi connectivity index (χ1n) is 8.98. The summed E-state index contributed by atoms with van der Waals surface area (Å²) in [5, 5.41) is 8.83. The van der Waals surface area contributed by atoms with Gasteiger partial charge in [0, 0.05) is 24.3 Å². The van der Waals surface area contributed by atoms with E-state index in [1.807, 2.05) is 24.3 Å². The summed E-state index contributed by atoms with van der Waals surface area (Å²) < 4.78 is 0. The van der Waals surface area contributed by atoms with Crippen molar-refractivity contribution in [2.24, 2.45) is 0 Å². The van der Waals surface area contributed by atoms with E-state index in [1.165, 1.54) is 12.5 Å². The summed E-state index contributed by atoms with van der Waals surface area (Å²) in [5.74, 6) is -0.486. The van der Waals surface area contributed by atoms with Crippen LogP contribution >= 0.6 is 0 Å². The third-order valence-electron chi connectivity index (χ3n) is 4.12. The molecule has 0 aliphatic rings. The van der Waals surface area contributed by atoms with E-state index in [9.17, 15) is 9.59 Å². The van der Waals surface area contributed by atoms with Crippen molar-refractivity contribution in [1.29, 1.82) is 0 Å². The van der Waals surface area contributed by atoms with Crippen LogP contribution in [0, 0.1) is 0 Å². The van der Waals surface area contributed by atoms with Gasteiger partial charge in [-0.15, -0.1) is 0 Å². The highest BCUT2D eigenvalue weighted by molar-refractivity contribution is 6.03. The van der Waals surface area contributed by atoms with Crippen molar-refractivity contribution in [2.75, 3.05) is 16.0 Å². The third kappa shape index (κ3) is 5.17. The van der Waals surface area contributed by atoms with Gasteiger partial charge in [0.1, 0.15) is 5.69 Å². The molecule has 0 bridgehead atoms. The molecular formula is C22H22N4O2. The Bertz CT molecular complexity index is 956. The van der Waals surface area contributed by atoms with Crippen molar-refractivity contribution >= 4 is 28.9 Å². The fraction of sp³-hybridized carbons (Fsp3) is 0.136. The molecule has 0 aliphatic heterocycles. The van der Waals surface area contributed by atoms with Gasteiger partial charge in [0.05, 0.1) is 11.9 Å². The number of hydrogen-bond donors (Lipinski definition) is 3. The lowest BCUT2D eigenvalue weighted by atomic mass is 10.1. The minimum absolute atomic E-state index is 0.124. The van der Waals surface area contributed by atoms with E-state index >= 15 is 0 Å². The molecule has 1 heterocycles. The molecule has 3 aromatic rings. The van der Waals surface area contributed by atoms with Crippen LogP contribution in [0.3, 0.4) is 0 Å². The largest absolute Gasteiger partial charge is 0.377 e. The van der Waals surface area contributed by atoms with E-state index in [2.05, 4.69) is 40.0 Å². The summed E-state index contributed by atoms with van der Waals surface area (Å²) in [5.41, 5.74) is 3.51. The smallest absolute Gasteiger partial charge is 0.274 e. The van der Waals surface area contributed by atoms with Gasteiger partial charge in [-0.25, -0.2) is 4.98 Å². The molecule has 0 spiro atoms. The highest BCUT2D eigenvalue weighted by atomic mass is 16.2. The van der Waals surface area contributed by atoms with Gasteiger partial charge in [-0.1, -0.05) is 36.4 Å². The van der Waals surface area contributed by atoms with Gasteiger partial charge in [0.25, 0.3) is 5.91 Å². The second-order valence-electron chi connectivity index (χ2n) is 6.42. The molecule has 6 nitrogen and oxygen atoms in total. The average Bonchev–Trinajstić information content (AvgIpc) is 2.69. The molecule has 28 heavy (non-hydrogen) atoms. The van der Waals surface area contributed by atoms with Gasteiger partial charge in [-0.3, -0.25) is 9.59 Å². The summed E-state index contributed by atoms with van der Waals surface area (Å²) in [6, 6.07) is 20.7. The summed E-state index contributed by atoms with van der Waals surface area (Å²) >= 11 is 0. The molecule has 142 valence electrons. The molecule has 1 unspecified atom stereocenters. The zero-order valence-electron chi connectivity index (χ0n) is 15.8. The number of nitrogens with zero attached hydrogens (tertiary/aromatic N) is 1. The fourth-order valence-corrected chi connectivity index (χ4v) is 2.76. The van der Waals surface area contributed by atoms with Gasteiger partial charge < -0.3 is 16.0 Å². The number of hydrogen-bond acceptors (Lipinski definition) is 4. The van der Waals surface area contributed by atoms with Gasteiger partial charge >= 0.3 is 0 Å². The second-order valence-corrected chi connectivity index (χ2v) is 6.42. The zero-order valence-corrected chi connectivity index (χ0v) is 15.8. The summed E-state index contributed by atoms with van der Waals surface area (Å²) in [4.78, 5) is 27.8. The lowest BCUT2D eigenvalue weighted by molar-refractivity contribution is -0.114. The van der Waals surface area contributed by atoms with Crippen LogP contribution in [-0.2, 0) is 4.79 Å². The quantitative estimate of drug-likeness (QED) is 0.595. The molecule has 0 fully saturated rings. The highest BCUT2D eigenvalue weighted by Gasteiger charge is 2.10. The van der Waals surface area contributed by atoms with Gasteiger partial charge in [-0.2, -0.15) is 0 Å². The zero-order chi connectivity index (χ0) is 19.9. The number of benzene rings is 2. The Morgan fingerprint density at radius 1 is 0.857 bits per heavy atom. The minimum Gasteiger partial charge on any atom is -0.377 e. The van der Waals surface area contributed by atoms with Crippen LogP contribution in [-0.4, -0.2) is 16.8 Å². The maximum Gasteiger partial charge on any atom is 0.274 e. The predicted octanol–water partition coefficient (Wildman–Crippen LogP) is 4.47. The van der Waals surface area contributed by atoms with Crippen LogP contribution in [0.1, 0.15) is 35.9 Å². The minimum atomic E-state index is -0.317. The molecule has 0 aliphatic carbocycles. The Balaban J connectivity index is 1.63. The average molecular weight is 374 g/mol. The molecule has 6 heteroatoms. The normalized spacial score (nSPS) is 11.4. The lowest BCUT2D eigenvalue weighted by Crippen LogP contribution is -2.14. The van der Waals surface area contributed by atoms with Crippen molar-refractivity contribution in [2.45, 2.75) is 19.9 Å². The molecular weight excluding hydrogens is 352 g/mol. The van der Waals surface area contributed by atoms with E-state index in [-0.39, 0.29) is 17.9 Å². The fourth-order valence-electron chi connectivity index (χ4n) is 2.76. The maximum absolute atomic E-state index is 12.4. The van der Waals surface area contributed by atoms with Crippen LogP contribution in [0.25, 0.3) is 0 Å². The monoisotopic (exact) mass is 374 g/mol. The van der Waals surface area contributed by atoms with E-state index in [0.29, 0.717) is 17.1 Å². The Morgan fingerprint density at radius 2 is 1.57 bits per heavy atom. The number of carbonyl (C=O) groups is 2. The predicted molar refractivity (Wildman–Crippen MR) is 111 cm³/mol. The lowest BCUT2D eigenvalue weighted by Gasteiger charge is -2.15. The van der Waals surface area contributed by atoms with E-state index in [4.69, 9.17) is 0 Å². The number of anilines is 3. The van der Waals surface area contributed by atoms with Crippen LogP contribution in [0.4, 0.5) is 17.1 Å². The van der Waals surface area contributed by atoms with Crippen molar-refractivity contribution in [3.8, 4) is 0 Å². The van der Waals surface area contributed by atoms with Gasteiger partial charge in [-0.05, 0) is 42.8 Å². The summed E-state index contributed by atoms with van der Waals surface area (Å²) in [6.45, 7) is 3.50. The molecule has 3 N–H and O–H groups in total. The molecule has 2 amide bonds. The maximum atomic E-state index is 12.4. The molecule has 1 aromatic heterocycles. The summed E-state index contributed by atoms with van der Waals surface area (Å²) in [7, 11) is 0. The van der Waals surface area contributed by atoms with E-state index in [1.54, 1.807) is 36.5 Å². The molecule has 1 atom stereocenters. The molecule has 0 radical (unpaired) electrons. The Morgan fingerprint density at radius 3 is 2.21 bits per heavy atom. The molecule has 0 saturated carbocycles. The third-order valence-corrected chi connectivity index (χ3v) is 4.12. The van der Waals surface area contributed by atoms with Gasteiger partial charge in [0.2, 0.25) is 5.91 Å². The van der Waals surface area contributed by atoms with Crippen molar-refractivity contribution < 1.29 is 9.59 Å². The van der Waals surface area contributed by atoms with Gasteiger partial charge in [0.15, 0.2) is 0 Å². The molecule has 0 saturated heterocycles. The molecule has 3 rings (SSSR count). The van der Waals surface area contributed by atoms with Crippen molar-refractivity contribution in [3.63, 3.8) is 0 Å². The Hall–Kier alpha value is -3.67. The van der Waals surface area contributed by atoms with Crippen LogP contribution < -0.4 is 16.0 Å². The first-order chi connectivity index (χ1) is 13.5. The standard InChI is InChI=1S/C22H22N4O2/c1-15(17-7-4-3-5-8-17)24-20-11-12-21(23-14-20)22(28)26-19-10-6-9-18(13-19)25-16(2)27/h3-15,24H,1-2H3,(H,25,27)(H,26,28). The SMILES string of the molecule is CC(=O)Nc1cccc(NC(=O)c2ccc(NC(C)c3ccccc3)cn2)c1. The Labute approximate surface area is 164 Å². The topological polar surface area (TPSA) is 83.1 Å². The number of carbonyl (C=O) groups excluding carboxylic acids is 2. The number of nitrogens with one attached hydrogen (secondary N) is 3. The molecule has 2 aromatic carbocycles. The second kappa shape index (κ2) is 8.81. The number of rotatable bonds is 6. The number of amides is 2. The number of pyridine rings is 1. The van der Waals surface area contributed by atoms with E-state index in [0.717, 1.165) is 5.69 Å². The summed E-state index contributed by atoms with van der Waals surface area (Å²) in [6.07, 6.45) is 1.64. The van der Waals surface area contributed by atoms with Crippen LogP contribution in [0.2, 0.25) is 0 Å². The van der Waals surface area contributed by atoms with E-state index < -0.39 is 0 Å². The van der Waals surface area contributed by atoms with Crippen molar-refractivity contribution in [3.05, 3.63) is 84.2 Å². The Kier molecular flexibility index (Phi) is 6.01. The number of aromatic nitrogens is 1. The van der Waals surface area contributed by atoms with Crippen molar-refractivity contribution in [1.82, 2.24) is 4.98 Å². The first-order valence-corrected chi connectivity index (χ1v) is 8.98.